The summed E-state index contributed by atoms with van der Waals surface area (Å²) in [6, 6.07) is 7.38. The van der Waals surface area contributed by atoms with Crippen molar-refractivity contribution in [3.63, 3.8) is 0 Å². The van der Waals surface area contributed by atoms with Crippen molar-refractivity contribution < 1.29 is 42.1 Å². The fourth-order valence-corrected chi connectivity index (χ4v) is 5.61. The van der Waals surface area contributed by atoms with E-state index in [4.69, 9.17) is 9.47 Å². The second kappa shape index (κ2) is 18.9. The molecular formula is C36H52F3N5O6. The minimum atomic E-state index is -4.50. The van der Waals surface area contributed by atoms with E-state index in [-0.39, 0.29) is 54.1 Å². The number of fused-ring (bicyclic) bond motifs is 1. The fraction of sp³-hybridized carbons (Fsp3) is 0.583. The van der Waals surface area contributed by atoms with Crippen molar-refractivity contribution in [3.05, 3.63) is 53.6 Å². The lowest BCUT2D eigenvalue weighted by Crippen LogP contribution is -2.48. The molecule has 0 aromatic heterocycles. The van der Waals surface area contributed by atoms with Crippen LogP contribution in [0.5, 0.6) is 5.75 Å². The van der Waals surface area contributed by atoms with Crippen LogP contribution < -0.4 is 15.4 Å². The van der Waals surface area contributed by atoms with Gasteiger partial charge in [-0.25, -0.2) is 4.79 Å². The van der Waals surface area contributed by atoms with Gasteiger partial charge in [-0.3, -0.25) is 9.59 Å². The lowest BCUT2D eigenvalue weighted by molar-refractivity contribution is -0.137. The third kappa shape index (κ3) is 12.5. The number of likely N-dealkylation sites (N-methyl/N-ethyl adjacent to an activating group) is 1. The average Bonchev–Trinajstić information content (AvgIpc) is 3.05. The summed E-state index contributed by atoms with van der Waals surface area (Å²) < 4.78 is 51.4. The van der Waals surface area contributed by atoms with Gasteiger partial charge in [0.05, 0.1) is 36.0 Å². The summed E-state index contributed by atoms with van der Waals surface area (Å²) in [5, 5.41) is 15.3. The Kier molecular flexibility index (Phi) is 15.3. The summed E-state index contributed by atoms with van der Waals surface area (Å²) in [5.41, 5.74) is -0.275. The van der Waals surface area contributed by atoms with Crippen LogP contribution >= 0.6 is 0 Å². The van der Waals surface area contributed by atoms with Gasteiger partial charge in [0.25, 0.3) is 5.91 Å². The number of benzene rings is 2. The first-order valence-electron chi connectivity index (χ1n) is 17.1. The minimum Gasteiger partial charge on any atom is -0.490 e. The van der Waals surface area contributed by atoms with E-state index in [1.165, 1.54) is 6.07 Å². The molecule has 1 aliphatic heterocycles. The molecule has 2 aromatic carbocycles. The molecule has 278 valence electrons. The van der Waals surface area contributed by atoms with Gasteiger partial charge in [0, 0.05) is 50.5 Å². The number of halogens is 3. The van der Waals surface area contributed by atoms with Gasteiger partial charge in [-0.1, -0.05) is 6.92 Å². The first-order chi connectivity index (χ1) is 23.6. The molecular weight excluding hydrogens is 655 g/mol. The summed E-state index contributed by atoms with van der Waals surface area (Å²) >= 11 is 0. The third-order valence-electron chi connectivity index (χ3n) is 8.66. The number of amides is 4. The van der Waals surface area contributed by atoms with Gasteiger partial charge in [-0.2, -0.15) is 13.2 Å². The average molecular weight is 708 g/mol. The zero-order valence-corrected chi connectivity index (χ0v) is 29.9. The van der Waals surface area contributed by atoms with Crippen LogP contribution in [-0.4, -0.2) is 110 Å². The minimum absolute atomic E-state index is 0.0148. The number of nitrogens with one attached hydrogen (secondary N) is 2. The van der Waals surface area contributed by atoms with Gasteiger partial charge < -0.3 is 39.9 Å². The third-order valence-corrected chi connectivity index (χ3v) is 8.66. The standard InChI is InChI=1S/C36H52F3N5O6/c1-24-21-44(25(2)23-45)34(47)30-20-29(41-35(48)40-28-14-12-27(13-15-28)36(37,38)39)16-17-31(30)50-26(3)10-7-8-19-49-32(24)22-43(6)33(46)11-9-18-42(4)5/h12-17,20,24-26,32,45H,7-11,18-19,21-23H2,1-6H3,(H2,40,41,48)/t24-,25+,26-,32-/m1/s1. The van der Waals surface area contributed by atoms with Crippen molar-refractivity contribution in [1.82, 2.24) is 14.7 Å². The van der Waals surface area contributed by atoms with E-state index in [1.807, 2.05) is 32.8 Å². The van der Waals surface area contributed by atoms with Crippen LogP contribution in [0.1, 0.15) is 68.8 Å². The Bertz CT molecular complexity index is 1410. The molecule has 0 saturated heterocycles. The Morgan fingerprint density at radius 2 is 1.70 bits per heavy atom. The number of ether oxygens (including phenoxy) is 2. The molecule has 0 aliphatic carbocycles. The van der Waals surface area contributed by atoms with Crippen molar-refractivity contribution >= 4 is 29.2 Å². The molecule has 1 heterocycles. The van der Waals surface area contributed by atoms with Crippen molar-refractivity contribution in [2.24, 2.45) is 5.92 Å². The number of carbonyl (C=O) groups excluding carboxylic acids is 3. The van der Waals surface area contributed by atoms with Crippen LogP contribution in [-0.2, 0) is 15.7 Å². The van der Waals surface area contributed by atoms with Gasteiger partial charge in [-0.05, 0) is 103 Å². The highest BCUT2D eigenvalue weighted by atomic mass is 19.4. The Morgan fingerprint density at radius 1 is 1.04 bits per heavy atom. The predicted octanol–water partition coefficient (Wildman–Crippen LogP) is 5.95. The fourth-order valence-electron chi connectivity index (χ4n) is 5.61. The summed E-state index contributed by atoms with van der Waals surface area (Å²) in [7, 11) is 5.69. The number of aliphatic hydroxyl groups is 1. The van der Waals surface area contributed by atoms with E-state index in [2.05, 4.69) is 10.6 Å². The van der Waals surface area contributed by atoms with Gasteiger partial charge >= 0.3 is 12.2 Å². The number of aliphatic hydroxyl groups excluding tert-OH is 1. The molecule has 3 N–H and O–H groups in total. The molecule has 0 fully saturated rings. The first-order valence-corrected chi connectivity index (χ1v) is 17.1. The molecule has 0 radical (unpaired) electrons. The molecule has 0 unspecified atom stereocenters. The number of urea groups is 1. The van der Waals surface area contributed by atoms with Crippen LogP contribution in [0.2, 0.25) is 0 Å². The second-order valence-corrected chi connectivity index (χ2v) is 13.3. The summed E-state index contributed by atoms with van der Waals surface area (Å²) in [5.74, 6) is -0.337. The van der Waals surface area contributed by atoms with Crippen molar-refractivity contribution in [2.45, 2.75) is 77.3 Å². The predicted molar refractivity (Wildman–Crippen MR) is 186 cm³/mol. The van der Waals surface area contributed by atoms with Crippen LogP contribution in [0.25, 0.3) is 0 Å². The molecule has 0 spiro atoms. The number of rotatable bonds is 10. The number of nitrogens with zero attached hydrogens (tertiary/aromatic N) is 3. The molecule has 0 saturated carbocycles. The SMILES string of the molecule is C[C@@H]1CCCCO[C@H](CN(C)C(=O)CCCN(C)C)[C@H](C)CN([C@@H](C)CO)C(=O)c2cc(NC(=O)Nc3ccc(C(F)(F)F)cc3)ccc2O1. The normalized spacial score (nSPS) is 19.9. The Hall–Kier alpha value is -3.88. The van der Waals surface area contributed by atoms with Gasteiger partial charge in [0.15, 0.2) is 0 Å². The molecule has 4 amide bonds. The maximum atomic E-state index is 14.3. The molecule has 11 nitrogen and oxygen atoms in total. The van der Waals surface area contributed by atoms with Crippen molar-refractivity contribution in [3.8, 4) is 5.75 Å². The van der Waals surface area contributed by atoms with E-state index >= 15 is 0 Å². The van der Waals surface area contributed by atoms with E-state index in [1.54, 1.807) is 35.9 Å². The Morgan fingerprint density at radius 3 is 2.34 bits per heavy atom. The quantitative estimate of drug-likeness (QED) is 0.279. The summed E-state index contributed by atoms with van der Waals surface area (Å²) in [6.45, 7) is 7.10. The molecule has 0 bridgehead atoms. The maximum absolute atomic E-state index is 14.3. The topological polar surface area (TPSA) is 124 Å². The zero-order valence-electron chi connectivity index (χ0n) is 29.9. The van der Waals surface area contributed by atoms with Gasteiger partial charge in [0.2, 0.25) is 5.91 Å². The van der Waals surface area contributed by atoms with Crippen molar-refractivity contribution in [1.29, 1.82) is 0 Å². The summed E-state index contributed by atoms with van der Waals surface area (Å²) in [6.07, 6.45) is -1.72. The number of anilines is 2. The maximum Gasteiger partial charge on any atom is 0.416 e. The molecule has 3 rings (SSSR count). The van der Waals surface area contributed by atoms with E-state index in [9.17, 15) is 32.7 Å². The van der Waals surface area contributed by atoms with Crippen molar-refractivity contribution in [2.75, 3.05) is 64.6 Å². The lowest BCUT2D eigenvalue weighted by Gasteiger charge is -2.36. The summed E-state index contributed by atoms with van der Waals surface area (Å²) in [4.78, 5) is 45.3. The Balaban J connectivity index is 1.86. The monoisotopic (exact) mass is 707 g/mol. The molecule has 1 aliphatic rings. The zero-order chi connectivity index (χ0) is 37.0. The second-order valence-electron chi connectivity index (χ2n) is 13.3. The first kappa shape index (κ1) is 40.5. The van der Waals surface area contributed by atoms with Crippen LogP contribution in [0.15, 0.2) is 42.5 Å². The van der Waals surface area contributed by atoms with Gasteiger partial charge in [-0.15, -0.1) is 0 Å². The number of carbonyl (C=O) groups is 3. The Labute approximate surface area is 293 Å². The molecule has 14 heteroatoms. The number of hydrogen-bond donors (Lipinski definition) is 3. The number of alkyl halides is 3. The van der Waals surface area contributed by atoms with Crippen LogP contribution in [0.3, 0.4) is 0 Å². The van der Waals surface area contributed by atoms with E-state index < -0.39 is 29.7 Å². The molecule has 4 atom stereocenters. The van der Waals surface area contributed by atoms with Crippen LogP contribution in [0.4, 0.5) is 29.3 Å². The number of hydrogen-bond acceptors (Lipinski definition) is 7. The van der Waals surface area contributed by atoms with Gasteiger partial charge in [0.1, 0.15) is 5.75 Å². The molecule has 2 aromatic rings. The lowest BCUT2D eigenvalue weighted by atomic mass is 10.0. The van der Waals surface area contributed by atoms with E-state index in [0.29, 0.717) is 31.7 Å². The highest BCUT2D eigenvalue weighted by molar-refractivity contribution is 6.02. The largest absolute Gasteiger partial charge is 0.490 e. The van der Waals surface area contributed by atoms with E-state index in [0.717, 1.165) is 50.1 Å². The highest BCUT2D eigenvalue weighted by Gasteiger charge is 2.32. The molecule has 50 heavy (non-hydrogen) atoms. The smallest absolute Gasteiger partial charge is 0.416 e. The highest BCUT2D eigenvalue weighted by Crippen LogP contribution is 2.31. The van der Waals surface area contributed by atoms with Crippen LogP contribution in [0, 0.1) is 5.92 Å².